The van der Waals surface area contributed by atoms with Crippen LogP contribution >= 0.6 is 0 Å². The van der Waals surface area contributed by atoms with Crippen LogP contribution in [0.2, 0.25) is 0 Å². The van der Waals surface area contributed by atoms with Crippen LogP contribution in [0.3, 0.4) is 0 Å². The number of pyridine rings is 1. The number of nitrogens with one attached hydrogen (secondary N) is 1. The van der Waals surface area contributed by atoms with Crippen molar-refractivity contribution < 1.29 is 9.90 Å². The minimum Gasteiger partial charge on any atom is -0.391 e. The number of carbonyl (C=O) groups is 1. The molecule has 110 valence electrons. The highest BCUT2D eigenvalue weighted by atomic mass is 16.3. The van der Waals surface area contributed by atoms with Gasteiger partial charge in [0.1, 0.15) is 5.82 Å². The molecule has 5 nitrogen and oxygen atoms in total. The maximum atomic E-state index is 12.5. The van der Waals surface area contributed by atoms with E-state index < -0.39 is 6.10 Å². The van der Waals surface area contributed by atoms with E-state index in [1.54, 1.807) is 30.3 Å². The van der Waals surface area contributed by atoms with E-state index in [-0.39, 0.29) is 11.9 Å². The Labute approximate surface area is 120 Å². The van der Waals surface area contributed by atoms with E-state index in [2.05, 4.69) is 10.3 Å². The van der Waals surface area contributed by atoms with Crippen LogP contribution in [0.5, 0.6) is 0 Å². The van der Waals surface area contributed by atoms with Crippen LogP contribution < -0.4 is 5.32 Å². The number of likely N-dealkylation sites (N-methyl/N-ethyl adjacent to an activating group) is 1. The molecule has 0 aliphatic heterocycles. The largest absolute Gasteiger partial charge is 0.391 e. The maximum Gasteiger partial charge on any atom is 0.254 e. The maximum absolute atomic E-state index is 12.5. The van der Waals surface area contributed by atoms with Crippen molar-refractivity contribution in [3.8, 4) is 0 Å². The first kappa shape index (κ1) is 14.8. The minimum absolute atomic E-state index is 0.0579. The zero-order valence-corrected chi connectivity index (χ0v) is 12.2. The van der Waals surface area contributed by atoms with Gasteiger partial charge in [-0.2, -0.15) is 0 Å². The highest BCUT2D eigenvalue weighted by Gasteiger charge is 2.29. The molecule has 0 bridgehead atoms. The Bertz CT molecular complexity index is 464. The number of aliphatic hydroxyl groups excluding tert-OH is 1. The normalized spacial score (nSPS) is 22.4. The van der Waals surface area contributed by atoms with Gasteiger partial charge in [0.2, 0.25) is 0 Å². The monoisotopic (exact) mass is 277 g/mol. The van der Waals surface area contributed by atoms with Gasteiger partial charge in [-0.05, 0) is 31.9 Å². The van der Waals surface area contributed by atoms with E-state index in [1.807, 2.05) is 6.92 Å². The number of aliphatic hydroxyl groups is 1. The second-order valence-electron chi connectivity index (χ2n) is 5.30. The number of rotatable bonds is 4. The first-order valence-corrected chi connectivity index (χ1v) is 7.28. The summed E-state index contributed by atoms with van der Waals surface area (Å²) >= 11 is 0. The molecule has 1 heterocycles. The van der Waals surface area contributed by atoms with Crippen molar-refractivity contribution in [3.05, 3.63) is 23.9 Å². The zero-order valence-electron chi connectivity index (χ0n) is 12.2. The van der Waals surface area contributed by atoms with Crippen molar-refractivity contribution in [2.24, 2.45) is 0 Å². The molecule has 0 radical (unpaired) electrons. The van der Waals surface area contributed by atoms with Crippen molar-refractivity contribution in [2.45, 2.75) is 44.8 Å². The van der Waals surface area contributed by atoms with Crippen molar-refractivity contribution in [1.29, 1.82) is 0 Å². The van der Waals surface area contributed by atoms with Gasteiger partial charge in [-0.1, -0.05) is 12.8 Å². The molecule has 2 unspecified atom stereocenters. The summed E-state index contributed by atoms with van der Waals surface area (Å²) in [6.07, 6.45) is 4.98. The average molecular weight is 277 g/mol. The second-order valence-corrected chi connectivity index (χ2v) is 5.30. The summed E-state index contributed by atoms with van der Waals surface area (Å²) in [7, 11) is 1.77. The smallest absolute Gasteiger partial charge is 0.254 e. The molecular weight excluding hydrogens is 254 g/mol. The van der Waals surface area contributed by atoms with E-state index in [1.165, 1.54) is 0 Å². The lowest BCUT2D eigenvalue weighted by Gasteiger charge is -2.35. The quantitative estimate of drug-likeness (QED) is 0.882. The lowest BCUT2D eigenvalue weighted by Crippen LogP contribution is -2.46. The predicted molar refractivity (Wildman–Crippen MR) is 78.8 cm³/mol. The van der Waals surface area contributed by atoms with Gasteiger partial charge in [0, 0.05) is 25.4 Å². The van der Waals surface area contributed by atoms with E-state index in [4.69, 9.17) is 0 Å². The fourth-order valence-electron chi connectivity index (χ4n) is 2.74. The van der Waals surface area contributed by atoms with Gasteiger partial charge < -0.3 is 15.3 Å². The van der Waals surface area contributed by atoms with Crippen molar-refractivity contribution in [2.75, 3.05) is 18.9 Å². The van der Waals surface area contributed by atoms with Crippen LogP contribution in [0.25, 0.3) is 0 Å². The number of anilines is 1. The first-order valence-electron chi connectivity index (χ1n) is 7.28. The highest BCUT2D eigenvalue weighted by Crippen LogP contribution is 2.23. The average Bonchev–Trinajstić information content (AvgIpc) is 2.47. The van der Waals surface area contributed by atoms with Crippen LogP contribution in [-0.4, -0.2) is 46.6 Å². The summed E-state index contributed by atoms with van der Waals surface area (Å²) in [5.41, 5.74) is 0.608. The van der Waals surface area contributed by atoms with Gasteiger partial charge in [-0.3, -0.25) is 4.79 Å². The summed E-state index contributed by atoms with van der Waals surface area (Å²) < 4.78 is 0. The van der Waals surface area contributed by atoms with Crippen molar-refractivity contribution in [1.82, 2.24) is 9.88 Å². The van der Waals surface area contributed by atoms with E-state index in [0.29, 0.717) is 11.4 Å². The molecule has 20 heavy (non-hydrogen) atoms. The lowest BCUT2D eigenvalue weighted by molar-refractivity contribution is 0.0268. The topological polar surface area (TPSA) is 65.5 Å². The molecule has 1 amide bonds. The van der Waals surface area contributed by atoms with Crippen LogP contribution in [0.15, 0.2) is 18.3 Å². The van der Waals surface area contributed by atoms with Gasteiger partial charge in [0.05, 0.1) is 12.1 Å². The fraction of sp³-hybridized carbons (Fsp3) is 0.600. The van der Waals surface area contributed by atoms with Gasteiger partial charge in [0.25, 0.3) is 5.91 Å². The molecule has 2 atom stereocenters. The number of nitrogens with zero attached hydrogens (tertiary/aromatic N) is 2. The Morgan fingerprint density at radius 1 is 1.50 bits per heavy atom. The highest BCUT2D eigenvalue weighted by molar-refractivity contribution is 5.94. The molecule has 2 N–H and O–H groups in total. The second kappa shape index (κ2) is 6.70. The Morgan fingerprint density at radius 2 is 2.25 bits per heavy atom. The van der Waals surface area contributed by atoms with Crippen LogP contribution in [-0.2, 0) is 0 Å². The zero-order chi connectivity index (χ0) is 14.5. The predicted octanol–water partition coefficient (Wildman–Crippen LogP) is 1.89. The third kappa shape index (κ3) is 3.28. The molecule has 1 saturated carbocycles. The Morgan fingerprint density at radius 3 is 2.95 bits per heavy atom. The molecule has 0 spiro atoms. The van der Waals surface area contributed by atoms with Crippen LogP contribution in [0.1, 0.15) is 43.0 Å². The Kier molecular flexibility index (Phi) is 4.95. The Balaban J connectivity index is 2.11. The van der Waals surface area contributed by atoms with Gasteiger partial charge in [0.15, 0.2) is 0 Å². The summed E-state index contributed by atoms with van der Waals surface area (Å²) in [5, 5.41) is 13.2. The SMILES string of the molecule is CCNc1cc(C(=O)N(C)C2CCCCC2O)ccn1. The van der Waals surface area contributed by atoms with Gasteiger partial charge in [-0.15, -0.1) is 0 Å². The number of hydrogen-bond acceptors (Lipinski definition) is 4. The summed E-state index contributed by atoms with van der Waals surface area (Å²) in [6, 6.07) is 3.40. The molecule has 1 aromatic rings. The van der Waals surface area contributed by atoms with Crippen molar-refractivity contribution in [3.63, 3.8) is 0 Å². The van der Waals surface area contributed by atoms with Gasteiger partial charge >= 0.3 is 0 Å². The lowest BCUT2D eigenvalue weighted by atomic mass is 9.91. The molecule has 1 aromatic heterocycles. The summed E-state index contributed by atoms with van der Waals surface area (Å²) in [5.74, 6) is 0.647. The third-order valence-electron chi connectivity index (χ3n) is 3.88. The van der Waals surface area contributed by atoms with Crippen LogP contribution in [0, 0.1) is 0 Å². The number of carbonyl (C=O) groups excluding carboxylic acids is 1. The summed E-state index contributed by atoms with van der Waals surface area (Å²) in [4.78, 5) is 18.3. The number of amides is 1. The Hall–Kier alpha value is -1.62. The minimum atomic E-state index is -0.409. The van der Waals surface area contributed by atoms with E-state index in [9.17, 15) is 9.90 Å². The van der Waals surface area contributed by atoms with Gasteiger partial charge in [-0.25, -0.2) is 4.98 Å². The van der Waals surface area contributed by atoms with Crippen molar-refractivity contribution >= 4 is 11.7 Å². The molecule has 1 aliphatic rings. The van der Waals surface area contributed by atoms with E-state index in [0.717, 1.165) is 32.2 Å². The fourth-order valence-corrected chi connectivity index (χ4v) is 2.74. The molecule has 0 aromatic carbocycles. The molecule has 2 rings (SSSR count). The standard InChI is InChI=1S/C15H23N3O2/c1-3-16-14-10-11(8-9-17-14)15(20)18(2)12-6-4-5-7-13(12)19/h8-10,12-13,19H,3-7H2,1-2H3,(H,16,17). The number of hydrogen-bond donors (Lipinski definition) is 2. The molecule has 5 heteroatoms. The summed E-state index contributed by atoms with van der Waals surface area (Å²) in [6.45, 7) is 2.75. The first-order chi connectivity index (χ1) is 9.63. The molecule has 0 saturated heterocycles. The third-order valence-corrected chi connectivity index (χ3v) is 3.88. The molecular formula is C15H23N3O2. The number of aromatic nitrogens is 1. The molecule has 1 fully saturated rings. The van der Waals surface area contributed by atoms with Crippen LogP contribution in [0.4, 0.5) is 5.82 Å². The molecule has 1 aliphatic carbocycles. The van der Waals surface area contributed by atoms with E-state index >= 15 is 0 Å².